The maximum absolute atomic E-state index is 5.59. The van der Waals surface area contributed by atoms with Gasteiger partial charge in [0.15, 0.2) is 0 Å². The summed E-state index contributed by atoms with van der Waals surface area (Å²) in [7, 11) is 0. The van der Waals surface area contributed by atoms with Crippen LogP contribution < -0.4 is 0 Å². The third-order valence-electron chi connectivity index (χ3n) is 2.99. The molecule has 0 aliphatic carbocycles. The first-order chi connectivity index (χ1) is 7.50. The largest absolute Gasteiger partial charge is 0.381 e. The first-order valence-electron chi connectivity index (χ1n) is 6.73. The maximum atomic E-state index is 5.59. The Labute approximate surface area is 94.9 Å². The Kier molecular flexibility index (Phi) is 8.70. The zero-order valence-electron chi connectivity index (χ0n) is 10.0. The Morgan fingerprint density at radius 2 is 1.00 bits per heavy atom. The lowest BCUT2D eigenvalue weighted by molar-refractivity contribution is 0.126. The zero-order chi connectivity index (χ0) is 10.6. The molecule has 0 bridgehead atoms. The van der Waals surface area contributed by atoms with E-state index in [0.29, 0.717) is 0 Å². The summed E-state index contributed by atoms with van der Waals surface area (Å²) < 4.78 is 5.59. The highest BCUT2D eigenvalue weighted by molar-refractivity contribution is 4.81. The molecule has 0 radical (unpaired) electrons. The normalized spacial score (nSPS) is 25.1. The van der Waals surface area contributed by atoms with Crippen LogP contribution in [0.4, 0.5) is 0 Å². The van der Waals surface area contributed by atoms with Crippen molar-refractivity contribution in [2.24, 2.45) is 0 Å². The molecule has 1 nitrogen and oxygen atoms in total. The second-order valence-corrected chi connectivity index (χ2v) is 4.49. The first kappa shape index (κ1) is 12.8. The van der Waals surface area contributed by atoms with Gasteiger partial charge in [0.1, 0.15) is 0 Å². The molecular formula is C14H26O. The van der Waals surface area contributed by atoms with E-state index in [-0.39, 0.29) is 0 Å². The predicted molar refractivity (Wildman–Crippen MR) is 66.1 cm³/mol. The molecule has 0 fully saturated rings. The molecule has 1 aliphatic rings. The van der Waals surface area contributed by atoms with Gasteiger partial charge in [-0.15, -0.1) is 0 Å². The van der Waals surface area contributed by atoms with E-state index < -0.39 is 0 Å². The summed E-state index contributed by atoms with van der Waals surface area (Å²) in [6.45, 7) is 1.96. The van der Waals surface area contributed by atoms with Gasteiger partial charge in [-0.2, -0.15) is 0 Å². The molecule has 0 aromatic heterocycles. The molecule has 1 rings (SSSR count). The van der Waals surface area contributed by atoms with Gasteiger partial charge in [0.2, 0.25) is 0 Å². The number of hydrogen-bond donors (Lipinski definition) is 0. The van der Waals surface area contributed by atoms with Gasteiger partial charge in [0, 0.05) is 13.2 Å². The molecule has 0 spiro atoms. The van der Waals surface area contributed by atoms with Crippen molar-refractivity contribution in [3.63, 3.8) is 0 Å². The highest BCUT2D eigenvalue weighted by Gasteiger charge is 1.93. The summed E-state index contributed by atoms with van der Waals surface area (Å²) in [5.41, 5.74) is 0. The van der Waals surface area contributed by atoms with Crippen molar-refractivity contribution in [3.8, 4) is 0 Å². The van der Waals surface area contributed by atoms with Crippen molar-refractivity contribution >= 4 is 0 Å². The van der Waals surface area contributed by atoms with Gasteiger partial charge >= 0.3 is 0 Å². The maximum Gasteiger partial charge on any atom is 0.0466 e. The molecule has 0 amide bonds. The number of rotatable bonds is 0. The molecule has 0 saturated carbocycles. The lowest BCUT2D eigenvalue weighted by Crippen LogP contribution is -1.97. The SMILES string of the molecule is C1=C\CCCCCCOCCCCCC/1. The van der Waals surface area contributed by atoms with Crippen LogP contribution in [0.3, 0.4) is 0 Å². The summed E-state index contributed by atoms with van der Waals surface area (Å²) >= 11 is 0. The minimum atomic E-state index is 0.982. The molecule has 0 atom stereocenters. The average molecular weight is 210 g/mol. The molecule has 1 aliphatic heterocycles. The molecule has 0 N–H and O–H groups in total. The second-order valence-electron chi connectivity index (χ2n) is 4.49. The molecule has 88 valence electrons. The highest BCUT2D eigenvalue weighted by Crippen LogP contribution is 2.08. The fraction of sp³-hybridized carbons (Fsp3) is 0.857. The fourth-order valence-corrected chi connectivity index (χ4v) is 1.98. The topological polar surface area (TPSA) is 9.23 Å². The zero-order valence-corrected chi connectivity index (χ0v) is 10.0. The van der Waals surface area contributed by atoms with Crippen LogP contribution in [0.25, 0.3) is 0 Å². The van der Waals surface area contributed by atoms with Crippen LogP contribution in [0.15, 0.2) is 12.2 Å². The number of ether oxygens (including phenoxy) is 1. The second kappa shape index (κ2) is 10.2. The molecule has 0 saturated heterocycles. The minimum absolute atomic E-state index is 0.982. The van der Waals surface area contributed by atoms with Crippen molar-refractivity contribution in [1.82, 2.24) is 0 Å². The predicted octanol–water partition coefficient (Wildman–Crippen LogP) is 4.47. The Balaban J connectivity index is 2.08. The summed E-state index contributed by atoms with van der Waals surface area (Å²) in [6, 6.07) is 0. The van der Waals surface area contributed by atoms with E-state index in [1.165, 1.54) is 64.2 Å². The molecule has 0 unspecified atom stereocenters. The van der Waals surface area contributed by atoms with E-state index in [4.69, 9.17) is 4.74 Å². The van der Waals surface area contributed by atoms with Gasteiger partial charge < -0.3 is 4.74 Å². The van der Waals surface area contributed by atoms with Crippen molar-refractivity contribution in [2.45, 2.75) is 64.2 Å². The summed E-state index contributed by atoms with van der Waals surface area (Å²) in [6.07, 6.45) is 17.9. The third kappa shape index (κ3) is 8.68. The van der Waals surface area contributed by atoms with Gasteiger partial charge in [-0.05, 0) is 38.5 Å². The van der Waals surface area contributed by atoms with Gasteiger partial charge in [-0.1, -0.05) is 37.8 Å². The lowest BCUT2D eigenvalue weighted by atomic mass is 10.1. The first-order valence-corrected chi connectivity index (χ1v) is 6.73. The molecular weight excluding hydrogens is 184 g/mol. The molecule has 15 heavy (non-hydrogen) atoms. The van der Waals surface area contributed by atoms with Crippen molar-refractivity contribution < 1.29 is 4.74 Å². The van der Waals surface area contributed by atoms with Gasteiger partial charge in [-0.3, -0.25) is 0 Å². The van der Waals surface area contributed by atoms with Crippen LogP contribution >= 0.6 is 0 Å². The van der Waals surface area contributed by atoms with E-state index in [0.717, 1.165) is 13.2 Å². The van der Waals surface area contributed by atoms with Crippen molar-refractivity contribution in [3.05, 3.63) is 12.2 Å². The van der Waals surface area contributed by atoms with E-state index in [1.807, 2.05) is 0 Å². The van der Waals surface area contributed by atoms with Crippen LogP contribution in [0.5, 0.6) is 0 Å². The Bertz CT molecular complexity index is 135. The van der Waals surface area contributed by atoms with E-state index in [2.05, 4.69) is 12.2 Å². The van der Waals surface area contributed by atoms with E-state index in [1.54, 1.807) is 0 Å². The quantitative estimate of drug-likeness (QED) is 0.536. The Morgan fingerprint density at radius 1 is 0.533 bits per heavy atom. The fourth-order valence-electron chi connectivity index (χ4n) is 1.98. The number of allylic oxidation sites excluding steroid dienone is 2. The van der Waals surface area contributed by atoms with Gasteiger partial charge in [0.25, 0.3) is 0 Å². The van der Waals surface area contributed by atoms with Gasteiger partial charge in [-0.25, -0.2) is 0 Å². The summed E-state index contributed by atoms with van der Waals surface area (Å²) in [5, 5.41) is 0. The van der Waals surface area contributed by atoms with Crippen LogP contribution in [0, 0.1) is 0 Å². The van der Waals surface area contributed by atoms with E-state index >= 15 is 0 Å². The summed E-state index contributed by atoms with van der Waals surface area (Å²) in [4.78, 5) is 0. The van der Waals surface area contributed by atoms with Crippen LogP contribution in [0.1, 0.15) is 64.2 Å². The van der Waals surface area contributed by atoms with Gasteiger partial charge in [0.05, 0.1) is 0 Å². The Morgan fingerprint density at radius 3 is 1.53 bits per heavy atom. The van der Waals surface area contributed by atoms with Crippen molar-refractivity contribution in [1.29, 1.82) is 0 Å². The third-order valence-corrected chi connectivity index (χ3v) is 2.99. The van der Waals surface area contributed by atoms with Crippen LogP contribution in [-0.2, 0) is 4.74 Å². The average Bonchev–Trinajstić information content (AvgIpc) is 2.27. The van der Waals surface area contributed by atoms with Crippen molar-refractivity contribution in [2.75, 3.05) is 13.2 Å². The standard InChI is InChI=1S/C14H26O/c1-2-4-6-8-10-12-14-15-13-11-9-7-5-3-1/h1-2H,3-14H2/b2-1-. The minimum Gasteiger partial charge on any atom is -0.381 e. The van der Waals surface area contributed by atoms with E-state index in [9.17, 15) is 0 Å². The number of hydrogen-bond acceptors (Lipinski definition) is 1. The molecule has 0 aromatic rings. The van der Waals surface area contributed by atoms with Crippen LogP contribution in [0.2, 0.25) is 0 Å². The van der Waals surface area contributed by atoms with Crippen LogP contribution in [-0.4, -0.2) is 13.2 Å². The molecule has 0 aromatic carbocycles. The smallest absolute Gasteiger partial charge is 0.0466 e. The summed E-state index contributed by atoms with van der Waals surface area (Å²) in [5.74, 6) is 0. The monoisotopic (exact) mass is 210 g/mol. The lowest BCUT2D eigenvalue weighted by Gasteiger charge is -2.03. The molecule has 1 heterocycles. The highest BCUT2D eigenvalue weighted by atomic mass is 16.5. The molecule has 1 heteroatoms. The Hall–Kier alpha value is -0.300.